The number of halogens is 2. The van der Waals surface area contributed by atoms with Crippen LogP contribution in [0.25, 0.3) is 11.0 Å². The van der Waals surface area contributed by atoms with Crippen LogP contribution in [0.5, 0.6) is 0 Å². The number of aromatic nitrogens is 2. The van der Waals surface area contributed by atoms with Gasteiger partial charge >= 0.3 is 0 Å². The van der Waals surface area contributed by atoms with Crippen molar-refractivity contribution in [2.45, 2.75) is 0 Å². The molecule has 2 aromatic rings. The first-order valence-corrected chi connectivity index (χ1v) is 5.67. The van der Waals surface area contributed by atoms with E-state index in [1.54, 1.807) is 12.1 Å². The van der Waals surface area contributed by atoms with Crippen molar-refractivity contribution < 1.29 is 0 Å². The number of nitrogens with zero attached hydrogens (tertiary/aromatic N) is 2. The Hall–Kier alpha value is -0.840. The van der Waals surface area contributed by atoms with Crippen LogP contribution in [0.2, 0.25) is 10.0 Å². The van der Waals surface area contributed by atoms with Gasteiger partial charge in [-0.2, -0.15) is 8.75 Å². The van der Waals surface area contributed by atoms with Crippen molar-refractivity contribution in [1.82, 2.24) is 8.75 Å². The van der Waals surface area contributed by atoms with E-state index in [1.165, 1.54) is 0 Å². The van der Waals surface area contributed by atoms with Gasteiger partial charge in [-0.25, -0.2) is 0 Å². The molecule has 3 nitrogen and oxygen atoms in total. The Morgan fingerprint density at radius 1 is 1.33 bits per heavy atom. The Balaban J connectivity index is 2.60. The van der Waals surface area contributed by atoms with Crippen molar-refractivity contribution in [1.29, 1.82) is 0 Å². The largest absolute Gasteiger partial charge is 0.379 e. The van der Waals surface area contributed by atoms with Crippen LogP contribution in [0.4, 0.5) is 5.69 Å². The minimum absolute atomic E-state index is 0.521. The molecule has 0 fully saturated rings. The first-order chi connectivity index (χ1) is 7.24. The van der Waals surface area contributed by atoms with Crippen LogP contribution >= 0.6 is 34.9 Å². The Kier molecular flexibility index (Phi) is 3.09. The van der Waals surface area contributed by atoms with E-state index >= 15 is 0 Å². The minimum atomic E-state index is 0.521. The molecule has 15 heavy (non-hydrogen) atoms. The molecule has 0 amide bonds. The number of fused-ring (bicyclic) bond motifs is 1. The van der Waals surface area contributed by atoms with Crippen LogP contribution in [0, 0.1) is 0 Å². The molecule has 2 rings (SSSR count). The fourth-order valence-corrected chi connectivity index (χ4v) is 2.40. The molecule has 0 aliphatic carbocycles. The third-order valence-corrected chi connectivity index (χ3v) is 2.98. The Labute approximate surface area is 101 Å². The summed E-state index contributed by atoms with van der Waals surface area (Å²) in [6.07, 6.45) is 1.75. The van der Waals surface area contributed by atoms with E-state index < -0.39 is 0 Å². The zero-order valence-corrected chi connectivity index (χ0v) is 9.96. The summed E-state index contributed by atoms with van der Waals surface area (Å²) in [4.78, 5) is 0. The third-order valence-electron chi connectivity index (χ3n) is 1.87. The molecule has 0 atom stereocenters. The number of nitrogens with one attached hydrogen (secondary N) is 1. The number of benzene rings is 1. The van der Waals surface area contributed by atoms with E-state index in [-0.39, 0.29) is 0 Å². The second kappa shape index (κ2) is 4.35. The monoisotopic (exact) mass is 259 g/mol. The van der Waals surface area contributed by atoms with Crippen molar-refractivity contribution in [2.75, 3.05) is 11.9 Å². The summed E-state index contributed by atoms with van der Waals surface area (Å²) in [5.41, 5.74) is 2.14. The molecule has 6 heteroatoms. The van der Waals surface area contributed by atoms with Crippen molar-refractivity contribution in [2.24, 2.45) is 0 Å². The first kappa shape index (κ1) is 10.7. The maximum atomic E-state index is 6.06. The molecular formula is C9H7Cl2N3S. The van der Waals surface area contributed by atoms with Crippen LogP contribution < -0.4 is 5.32 Å². The molecule has 1 aromatic heterocycles. The van der Waals surface area contributed by atoms with E-state index in [1.807, 2.05) is 0 Å². The first-order valence-electron chi connectivity index (χ1n) is 4.19. The number of hydrogen-bond acceptors (Lipinski definition) is 4. The van der Waals surface area contributed by atoms with Gasteiger partial charge in [-0.3, -0.25) is 0 Å². The molecule has 0 aliphatic heterocycles. The lowest BCUT2D eigenvalue weighted by atomic mass is 10.2. The molecule has 1 aromatic carbocycles. The molecule has 0 spiro atoms. The number of anilines is 1. The predicted octanol–water partition coefficient (Wildman–Crippen LogP) is 3.60. The smallest absolute Gasteiger partial charge is 0.130 e. The minimum Gasteiger partial charge on any atom is -0.379 e. The standard InChI is InChI=1S/C9H7Cl2N3S/c1-2-3-12-7-5(10)4-6(11)8-9(7)14-15-13-8/h2,4,12H,1,3H2. The van der Waals surface area contributed by atoms with Gasteiger partial charge in [0.05, 0.1) is 27.5 Å². The highest BCUT2D eigenvalue weighted by atomic mass is 35.5. The predicted molar refractivity (Wildman–Crippen MR) is 66.1 cm³/mol. The van der Waals surface area contributed by atoms with Crippen LogP contribution in [0.3, 0.4) is 0 Å². The van der Waals surface area contributed by atoms with Gasteiger partial charge in [-0.1, -0.05) is 29.3 Å². The maximum Gasteiger partial charge on any atom is 0.130 e. The molecule has 0 aliphatic rings. The van der Waals surface area contributed by atoms with E-state index in [9.17, 15) is 0 Å². The number of rotatable bonds is 3. The van der Waals surface area contributed by atoms with E-state index in [0.717, 1.165) is 17.4 Å². The van der Waals surface area contributed by atoms with E-state index in [4.69, 9.17) is 23.2 Å². The third kappa shape index (κ3) is 1.93. The Bertz CT molecular complexity index is 509. The van der Waals surface area contributed by atoms with Gasteiger partial charge in [-0.15, -0.1) is 6.58 Å². The second-order valence-electron chi connectivity index (χ2n) is 2.85. The lowest BCUT2D eigenvalue weighted by Gasteiger charge is -2.06. The van der Waals surface area contributed by atoms with Gasteiger partial charge in [0, 0.05) is 6.54 Å². The highest BCUT2D eigenvalue weighted by molar-refractivity contribution is 7.00. The van der Waals surface area contributed by atoms with Crippen LogP contribution in [-0.2, 0) is 0 Å². The zero-order chi connectivity index (χ0) is 10.8. The molecule has 0 saturated carbocycles. The summed E-state index contributed by atoms with van der Waals surface area (Å²) < 4.78 is 8.26. The van der Waals surface area contributed by atoms with Gasteiger partial charge < -0.3 is 5.32 Å². The Morgan fingerprint density at radius 3 is 2.80 bits per heavy atom. The van der Waals surface area contributed by atoms with Gasteiger partial charge in [0.15, 0.2) is 0 Å². The van der Waals surface area contributed by atoms with Crippen LogP contribution in [0.15, 0.2) is 18.7 Å². The maximum absolute atomic E-state index is 6.06. The summed E-state index contributed by atoms with van der Waals surface area (Å²) >= 11 is 13.2. The lowest BCUT2D eigenvalue weighted by Crippen LogP contribution is -1.99. The van der Waals surface area contributed by atoms with Gasteiger partial charge in [-0.05, 0) is 6.07 Å². The van der Waals surface area contributed by atoms with Crippen molar-refractivity contribution in [3.63, 3.8) is 0 Å². The summed E-state index contributed by atoms with van der Waals surface area (Å²) in [5.74, 6) is 0. The molecule has 1 heterocycles. The number of hydrogen-bond donors (Lipinski definition) is 1. The summed E-state index contributed by atoms with van der Waals surface area (Å²) in [6.45, 7) is 4.24. The molecule has 0 saturated heterocycles. The van der Waals surface area contributed by atoms with Crippen LogP contribution in [0.1, 0.15) is 0 Å². The molecule has 1 N–H and O–H groups in total. The highest BCUT2D eigenvalue weighted by Crippen LogP contribution is 2.34. The fourth-order valence-electron chi connectivity index (χ4n) is 1.22. The van der Waals surface area contributed by atoms with Crippen molar-refractivity contribution in [3.8, 4) is 0 Å². The summed E-state index contributed by atoms with van der Waals surface area (Å²) in [6, 6.07) is 1.66. The normalized spacial score (nSPS) is 10.5. The topological polar surface area (TPSA) is 37.8 Å². The van der Waals surface area contributed by atoms with Gasteiger partial charge in [0.2, 0.25) is 0 Å². The lowest BCUT2D eigenvalue weighted by molar-refractivity contribution is 1.35. The van der Waals surface area contributed by atoms with Gasteiger partial charge in [0.1, 0.15) is 11.0 Å². The molecule has 0 unspecified atom stereocenters. The van der Waals surface area contributed by atoms with Crippen molar-refractivity contribution in [3.05, 3.63) is 28.8 Å². The molecular weight excluding hydrogens is 253 g/mol. The SMILES string of the molecule is C=CCNc1c(Cl)cc(Cl)c2nsnc12. The quantitative estimate of drug-likeness (QED) is 0.857. The second-order valence-corrected chi connectivity index (χ2v) is 4.19. The van der Waals surface area contributed by atoms with Crippen molar-refractivity contribution >= 4 is 51.7 Å². The highest BCUT2D eigenvalue weighted by Gasteiger charge is 2.12. The molecule has 78 valence electrons. The summed E-state index contributed by atoms with van der Waals surface area (Å²) in [5, 5.41) is 4.18. The van der Waals surface area contributed by atoms with E-state index in [0.29, 0.717) is 27.6 Å². The summed E-state index contributed by atoms with van der Waals surface area (Å²) in [7, 11) is 0. The van der Waals surface area contributed by atoms with Gasteiger partial charge in [0.25, 0.3) is 0 Å². The zero-order valence-electron chi connectivity index (χ0n) is 7.63. The fraction of sp³-hybridized carbons (Fsp3) is 0.111. The average molecular weight is 260 g/mol. The van der Waals surface area contributed by atoms with E-state index in [2.05, 4.69) is 20.6 Å². The molecule has 0 bridgehead atoms. The molecule has 0 radical (unpaired) electrons. The van der Waals surface area contributed by atoms with Crippen LogP contribution in [-0.4, -0.2) is 15.3 Å². The average Bonchev–Trinajstić information content (AvgIpc) is 2.66. The Morgan fingerprint density at radius 2 is 2.07 bits per heavy atom.